The molecule has 1 amide bonds. The van der Waals surface area contributed by atoms with E-state index in [9.17, 15) is 14.7 Å². The van der Waals surface area contributed by atoms with Gasteiger partial charge < -0.3 is 15.5 Å². The van der Waals surface area contributed by atoms with Gasteiger partial charge in [-0.25, -0.2) is 0 Å². The Hall–Kier alpha value is -1.10. The van der Waals surface area contributed by atoms with Crippen LogP contribution in [0, 0.1) is 5.92 Å². The molecule has 1 aliphatic carbocycles. The van der Waals surface area contributed by atoms with Crippen molar-refractivity contribution in [2.45, 2.75) is 63.9 Å². The highest BCUT2D eigenvalue weighted by Gasteiger charge is 2.25. The van der Waals surface area contributed by atoms with Crippen molar-refractivity contribution in [1.29, 1.82) is 0 Å². The van der Waals surface area contributed by atoms with E-state index >= 15 is 0 Å². The van der Waals surface area contributed by atoms with E-state index in [0.29, 0.717) is 12.3 Å². The predicted octanol–water partition coefficient (Wildman–Crippen LogP) is 1.69. The van der Waals surface area contributed by atoms with Crippen LogP contribution in [0.3, 0.4) is 0 Å². The molecule has 0 saturated heterocycles. The topological polar surface area (TPSA) is 86.6 Å². The zero-order valence-electron chi connectivity index (χ0n) is 11.7. The summed E-state index contributed by atoms with van der Waals surface area (Å²) in [6.45, 7) is 1.41. The molecule has 1 aliphatic rings. The summed E-state index contributed by atoms with van der Waals surface area (Å²) >= 11 is 0. The van der Waals surface area contributed by atoms with Gasteiger partial charge in [-0.2, -0.15) is 0 Å². The van der Waals surface area contributed by atoms with Crippen LogP contribution < -0.4 is 5.32 Å². The van der Waals surface area contributed by atoms with Gasteiger partial charge in [0.05, 0.1) is 12.0 Å². The first-order chi connectivity index (χ1) is 8.89. The van der Waals surface area contributed by atoms with Gasteiger partial charge >= 0.3 is 5.97 Å². The molecule has 1 rings (SSSR count). The second-order valence-corrected chi connectivity index (χ2v) is 5.89. The Morgan fingerprint density at radius 3 is 2.47 bits per heavy atom. The molecule has 0 aromatic carbocycles. The van der Waals surface area contributed by atoms with Crippen LogP contribution in [0.1, 0.15) is 58.3 Å². The summed E-state index contributed by atoms with van der Waals surface area (Å²) in [5.41, 5.74) is -1.38. The van der Waals surface area contributed by atoms with Crippen molar-refractivity contribution in [3.63, 3.8) is 0 Å². The lowest BCUT2D eigenvalue weighted by atomic mass is 9.86. The number of amides is 1. The molecule has 0 radical (unpaired) electrons. The Morgan fingerprint density at radius 2 is 1.89 bits per heavy atom. The molecule has 0 aromatic heterocycles. The monoisotopic (exact) mass is 271 g/mol. The van der Waals surface area contributed by atoms with Gasteiger partial charge in [-0.1, -0.05) is 32.1 Å². The molecule has 5 heteroatoms. The van der Waals surface area contributed by atoms with Crippen LogP contribution in [-0.4, -0.2) is 34.2 Å². The fourth-order valence-electron chi connectivity index (χ4n) is 2.58. The maximum atomic E-state index is 11.6. The molecule has 0 heterocycles. The molecule has 5 nitrogen and oxygen atoms in total. The number of carboxylic acids is 1. The van der Waals surface area contributed by atoms with Crippen LogP contribution >= 0.6 is 0 Å². The first kappa shape index (κ1) is 16.0. The minimum Gasteiger partial charge on any atom is -0.481 e. The Kier molecular flexibility index (Phi) is 6.28. The zero-order chi connectivity index (χ0) is 14.3. The third-order valence-corrected chi connectivity index (χ3v) is 3.70. The standard InChI is InChI=1S/C14H25NO4/c1-14(19,9-13(17)18)10-15-12(16)8-7-11-5-3-2-4-6-11/h11,19H,2-10H2,1H3,(H,15,16)(H,17,18). The Bertz CT molecular complexity index is 309. The summed E-state index contributed by atoms with van der Waals surface area (Å²) in [7, 11) is 0. The number of carbonyl (C=O) groups excluding carboxylic acids is 1. The van der Waals surface area contributed by atoms with Gasteiger partial charge in [-0.15, -0.1) is 0 Å². The maximum Gasteiger partial charge on any atom is 0.306 e. The lowest BCUT2D eigenvalue weighted by molar-refractivity contribution is -0.142. The molecule has 3 N–H and O–H groups in total. The molecule has 0 aromatic rings. The van der Waals surface area contributed by atoms with Gasteiger partial charge in [-0.05, 0) is 19.3 Å². The number of aliphatic hydroxyl groups is 1. The van der Waals surface area contributed by atoms with E-state index in [-0.39, 0.29) is 18.9 Å². The largest absolute Gasteiger partial charge is 0.481 e. The normalized spacial score (nSPS) is 19.7. The minimum atomic E-state index is -1.38. The Balaban J connectivity index is 2.18. The van der Waals surface area contributed by atoms with Crippen molar-refractivity contribution in [1.82, 2.24) is 5.32 Å². The maximum absolute atomic E-state index is 11.6. The molecular formula is C14H25NO4. The number of rotatable bonds is 7. The minimum absolute atomic E-state index is 0.0111. The second-order valence-electron chi connectivity index (χ2n) is 5.89. The number of hydrogen-bond acceptors (Lipinski definition) is 3. The van der Waals surface area contributed by atoms with E-state index < -0.39 is 11.6 Å². The van der Waals surface area contributed by atoms with Gasteiger partial charge in [0.25, 0.3) is 0 Å². The summed E-state index contributed by atoms with van der Waals surface area (Å²) in [5.74, 6) is -0.517. The third kappa shape index (κ3) is 7.15. The van der Waals surface area contributed by atoms with Crippen LogP contribution in [-0.2, 0) is 9.59 Å². The van der Waals surface area contributed by atoms with Gasteiger partial charge in [0, 0.05) is 13.0 Å². The highest BCUT2D eigenvalue weighted by atomic mass is 16.4. The SMILES string of the molecule is CC(O)(CNC(=O)CCC1CCCCC1)CC(=O)O. The average Bonchev–Trinajstić information content (AvgIpc) is 2.34. The second kappa shape index (κ2) is 7.48. The molecule has 1 fully saturated rings. The predicted molar refractivity (Wildman–Crippen MR) is 71.7 cm³/mol. The number of carbonyl (C=O) groups is 2. The molecule has 0 bridgehead atoms. The highest BCUT2D eigenvalue weighted by molar-refractivity contribution is 5.76. The summed E-state index contributed by atoms with van der Waals surface area (Å²) in [5, 5.41) is 21.0. The lowest BCUT2D eigenvalue weighted by Crippen LogP contribution is -2.42. The molecule has 1 saturated carbocycles. The van der Waals surface area contributed by atoms with Crippen molar-refractivity contribution >= 4 is 11.9 Å². The molecule has 0 spiro atoms. The van der Waals surface area contributed by atoms with E-state index in [0.717, 1.165) is 6.42 Å². The quantitative estimate of drug-likeness (QED) is 0.657. The molecule has 0 aliphatic heterocycles. The molecule has 1 atom stereocenters. The van der Waals surface area contributed by atoms with Crippen LogP contribution in [0.25, 0.3) is 0 Å². The fourth-order valence-corrected chi connectivity index (χ4v) is 2.58. The summed E-state index contributed by atoms with van der Waals surface area (Å²) in [4.78, 5) is 22.2. The van der Waals surface area contributed by atoms with E-state index in [1.807, 2.05) is 0 Å². The Morgan fingerprint density at radius 1 is 1.26 bits per heavy atom. The van der Waals surface area contributed by atoms with Gasteiger partial charge in [-0.3, -0.25) is 9.59 Å². The average molecular weight is 271 g/mol. The van der Waals surface area contributed by atoms with Crippen molar-refractivity contribution in [3.05, 3.63) is 0 Å². The van der Waals surface area contributed by atoms with E-state index in [4.69, 9.17) is 5.11 Å². The van der Waals surface area contributed by atoms with Crippen LogP contribution in [0.4, 0.5) is 0 Å². The Labute approximate surface area is 114 Å². The first-order valence-corrected chi connectivity index (χ1v) is 7.10. The third-order valence-electron chi connectivity index (χ3n) is 3.70. The van der Waals surface area contributed by atoms with Crippen molar-refractivity contribution < 1.29 is 19.8 Å². The number of hydrogen-bond donors (Lipinski definition) is 3. The summed E-state index contributed by atoms with van der Waals surface area (Å²) in [6, 6.07) is 0. The summed E-state index contributed by atoms with van der Waals surface area (Å²) < 4.78 is 0. The number of carboxylic acid groups (broad SMARTS) is 1. The zero-order valence-corrected chi connectivity index (χ0v) is 11.7. The molecular weight excluding hydrogens is 246 g/mol. The van der Waals surface area contributed by atoms with Crippen molar-refractivity contribution in [3.8, 4) is 0 Å². The lowest BCUT2D eigenvalue weighted by Gasteiger charge is -2.23. The van der Waals surface area contributed by atoms with Gasteiger partial charge in [0.2, 0.25) is 5.91 Å². The van der Waals surface area contributed by atoms with Gasteiger partial charge in [0.15, 0.2) is 0 Å². The fraction of sp³-hybridized carbons (Fsp3) is 0.857. The van der Waals surface area contributed by atoms with Crippen LogP contribution in [0.15, 0.2) is 0 Å². The van der Waals surface area contributed by atoms with E-state index in [1.54, 1.807) is 0 Å². The molecule has 110 valence electrons. The highest BCUT2D eigenvalue weighted by Crippen LogP contribution is 2.27. The van der Waals surface area contributed by atoms with Crippen LogP contribution in [0.2, 0.25) is 0 Å². The molecule has 1 unspecified atom stereocenters. The van der Waals surface area contributed by atoms with Gasteiger partial charge in [0.1, 0.15) is 0 Å². The smallest absolute Gasteiger partial charge is 0.306 e. The van der Waals surface area contributed by atoms with Crippen molar-refractivity contribution in [2.24, 2.45) is 5.92 Å². The first-order valence-electron chi connectivity index (χ1n) is 7.10. The van der Waals surface area contributed by atoms with E-state index in [1.165, 1.54) is 39.0 Å². The number of aliphatic carboxylic acids is 1. The van der Waals surface area contributed by atoms with Crippen LogP contribution in [0.5, 0.6) is 0 Å². The summed E-state index contributed by atoms with van der Waals surface area (Å²) in [6.07, 6.45) is 7.25. The number of nitrogens with one attached hydrogen (secondary N) is 1. The van der Waals surface area contributed by atoms with E-state index in [2.05, 4.69) is 5.32 Å². The molecule has 19 heavy (non-hydrogen) atoms. The van der Waals surface area contributed by atoms with Crippen molar-refractivity contribution in [2.75, 3.05) is 6.54 Å².